The van der Waals surface area contributed by atoms with Crippen LogP contribution in [0.1, 0.15) is 25.8 Å². The third kappa shape index (κ3) is 5.52. The van der Waals surface area contributed by atoms with Crippen LogP contribution in [0.5, 0.6) is 5.75 Å². The Labute approximate surface area is 154 Å². The third-order valence-electron chi connectivity index (χ3n) is 2.53. The average molecular weight is 600 g/mol. The maximum Gasteiger partial charge on any atom is 0.341 e. The Bertz CT molecular complexity index is 473. The van der Waals surface area contributed by atoms with Crippen molar-refractivity contribution in [3.8, 4) is 5.75 Å². The first-order chi connectivity index (χ1) is 8.82. The molecule has 6 heteroatoms. The lowest BCUT2D eigenvalue weighted by atomic mass is 10.0. The van der Waals surface area contributed by atoms with Crippen LogP contribution in [0.3, 0.4) is 0 Å². The molecule has 0 fully saturated rings. The summed E-state index contributed by atoms with van der Waals surface area (Å²) in [6.07, 6.45) is 2.11. The molecule has 0 aromatic heterocycles. The van der Waals surface area contributed by atoms with Crippen LogP contribution in [-0.2, 0) is 11.2 Å². The van der Waals surface area contributed by atoms with Crippen LogP contribution in [0.25, 0.3) is 0 Å². The van der Waals surface area contributed by atoms with Gasteiger partial charge in [0.15, 0.2) is 6.61 Å². The number of rotatable bonds is 6. The molecule has 0 saturated carbocycles. The molecular weight excluding hydrogens is 585 g/mol. The molecule has 1 aromatic rings. The Hall–Kier alpha value is 0.680. The summed E-state index contributed by atoms with van der Waals surface area (Å²) in [5.74, 6) is 0.394. The van der Waals surface area contributed by atoms with Gasteiger partial charge in [-0.15, -0.1) is 0 Å². The van der Waals surface area contributed by atoms with E-state index in [-0.39, 0.29) is 6.61 Å². The molecule has 0 unspecified atom stereocenters. The highest BCUT2D eigenvalue weighted by Crippen LogP contribution is 2.34. The largest absolute Gasteiger partial charge is 0.480 e. The summed E-state index contributed by atoms with van der Waals surface area (Å²) < 4.78 is 8.63. The number of hydrogen-bond donors (Lipinski definition) is 1. The van der Waals surface area contributed by atoms with Gasteiger partial charge >= 0.3 is 5.97 Å². The summed E-state index contributed by atoms with van der Waals surface area (Å²) in [5.41, 5.74) is 1.26. The third-order valence-corrected chi connectivity index (χ3v) is 5.44. The summed E-state index contributed by atoms with van der Waals surface area (Å²) >= 11 is 6.78. The molecule has 0 aliphatic rings. The minimum atomic E-state index is -0.950. The number of aliphatic carboxylic acids is 1. The van der Waals surface area contributed by atoms with Gasteiger partial charge in [0.05, 0.1) is 7.14 Å². The Morgan fingerprint density at radius 2 is 1.95 bits per heavy atom. The molecule has 19 heavy (non-hydrogen) atoms. The minimum absolute atomic E-state index is 0.295. The summed E-state index contributed by atoms with van der Waals surface area (Å²) in [6, 6.07) is 2.05. The maximum absolute atomic E-state index is 10.6. The minimum Gasteiger partial charge on any atom is -0.480 e. The van der Waals surface area contributed by atoms with Gasteiger partial charge in [-0.1, -0.05) is 13.8 Å². The fourth-order valence-electron chi connectivity index (χ4n) is 1.54. The lowest BCUT2D eigenvalue weighted by Crippen LogP contribution is -2.12. The number of benzene rings is 1. The smallest absolute Gasteiger partial charge is 0.341 e. The van der Waals surface area contributed by atoms with Gasteiger partial charge in [0.2, 0.25) is 0 Å². The van der Waals surface area contributed by atoms with Gasteiger partial charge in [-0.3, -0.25) is 0 Å². The van der Waals surface area contributed by atoms with Crippen LogP contribution in [-0.4, -0.2) is 17.7 Å². The molecule has 1 N–H and O–H groups in total. The van der Waals surface area contributed by atoms with E-state index in [1.807, 2.05) is 0 Å². The maximum atomic E-state index is 10.6. The lowest BCUT2D eigenvalue weighted by Gasteiger charge is -2.15. The van der Waals surface area contributed by atoms with Gasteiger partial charge in [-0.2, -0.15) is 0 Å². The first-order valence-electron chi connectivity index (χ1n) is 5.83. The van der Waals surface area contributed by atoms with Crippen molar-refractivity contribution < 1.29 is 14.6 Å². The highest BCUT2D eigenvalue weighted by molar-refractivity contribution is 14.1. The highest BCUT2D eigenvalue weighted by atomic mass is 127. The lowest BCUT2D eigenvalue weighted by molar-refractivity contribution is -0.139. The molecule has 0 bridgehead atoms. The van der Waals surface area contributed by atoms with Crippen molar-refractivity contribution in [2.24, 2.45) is 5.92 Å². The average Bonchev–Trinajstić information content (AvgIpc) is 2.27. The molecule has 0 saturated heterocycles. The summed E-state index contributed by atoms with van der Waals surface area (Å²) in [5, 5.41) is 8.73. The molecule has 0 aliphatic carbocycles. The van der Waals surface area contributed by atoms with Crippen molar-refractivity contribution in [2.45, 2.75) is 26.7 Å². The number of ether oxygens (including phenoxy) is 1. The van der Waals surface area contributed by atoms with Gasteiger partial charge in [0.1, 0.15) is 5.75 Å². The number of carboxylic acids is 1. The molecular formula is C13H15I3O3. The number of carboxylic acid groups (broad SMARTS) is 1. The zero-order valence-electron chi connectivity index (χ0n) is 10.7. The quantitative estimate of drug-likeness (QED) is 0.488. The fraction of sp³-hybridized carbons (Fsp3) is 0.462. The van der Waals surface area contributed by atoms with Crippen LogP contribution < -0.4 is 4.74 Å². The second-order valence-electron chi connectivity index (χ2n) is 4.58. The van der Waals surface area contributed by atoms with Gasteiger partial charge in [0.25, 0.3) is 0 Å². The van der Waals surface area contributed by atoms with Gasteiger partial charge < -0.3 is 9.84 Å². The molecule has 0 atom stereocenters. The topological polar surface area (TPSA) is 46.5 Å². The van der Waals surface area contributed by atoms with Gasteiger partial charge in [-0.05, 0) is 98.2 Å². The second-order valence-corrected chi connectivity index (χ2v) is 7.98. The van der Waals surface area contributed by atoms with E-state index in [1.165, 1.54) is 9.13 Å². The van der Waals surface area contributed by atoms with E-state index in [2.05, 4.69) is 87.7 Å². The molecule has 1 aromatic carbocycles. The van der Waals surface area contributed by atoms with Crippen LogP contribution in [0.4, 0.5) is 0 Å². The number of carbonyl (C=O) groups is 1. The van der Waals surface area contributed by atoms with E-state index in [0.717, 1.165) is 20.0 Å². The van der Waals surface area contributed by atoms with E-state index in [0.29, 0.717) is 11.7 Å². The Morgan fingerprint density at radius 3 is 2.47 bits per heavy atom. The van der Waals surface area contributed by atoms with Crippen LogP contribution in [0.2, 0.25) is 0 Å². The molecule has 0 spiro atoms. The van der Waals surface area contributed by atoms with E-state index in [1.54, 1.807) is 0 Å². The molecule has 0 heterocycles. The van der Waals surface area contributed by atoms with Crippen LogP contribution in [0.15, 0.2) is 6.07 Å². The summed E-state index contributed by atoms with van der Waals surface area (Å²) in [4.78, 5) is 10.6. The van der Waals surface area contributed by atoms with E-state index >= 15 is 0 Å². The monoisotopic (exact) mass is 600 g/mol. The molecule has 0 radical (unpaired) electrons. The van der Waals surface area contributed by atoms with E-state index < -0.39 is 5.97 Å². The Morgan fingerprint density at radius 1 is 1.32 bits per heavy atom. The van der Waals surface area contributed by atoms with E-state index in [9.17, 15) is 4.79 Å². The van der Waals surface area contributed by atoms with Crippen molar-refractivity contribution in [1.29, 1.82) is 0 Å². The first kappa shape index (κ1) is 17.7. The molecule has 106 valence electrons. The normalized spacial score (nSPS) is 10.8. The molecule has 3 nitrogen and oxygen atoms in total. The second kappa shape index (κ2) is 8.20. The van der Waals surface area contributed by atoms with Crippen molar-refractivity contribution >= 4 is 73.7 Å². The fourth-order valence-corrected chi connectivity index (χ4v) is 5.76. The Balaban J connectivity index is 3.03. The Kier molecular flexibility index (Phi) is 7.65. The SMILES string of the molecule is CC(C)CCc1c(I)cc(I)c(OCC(=O)O)c1I. The predicted octanol–water partition coefficient (Wildman–Crippen LogP) is 4.55. The predicted molar refractivity (Wildman–Crippen MR) is 101 cm³/mol. The van der Waals surface area contributed by atoms with E-state index in [4.69, 9.17) is 9.84 Å². The zero-order chi connectivity index (χ0) is 14.6. The summed E-state index contributed by atoms with van der Waals surface area (Å²) in [6.45, 7) is 4.11. The first-order valence-corrected chi connectivity index (χ1v) is 9.07. The highest BCUT2D eigenvalue weighted by Gasteiger charge is 2.16. The van der Waals surface area contributed by atoms with Gasteiger partial charge in [-0.25, -0.2) is 4.79 Å². The zero-order valence-corrected chi connectivity index (χ0v) is 17.1. The van der Waals surface area contributed by atoms with Crippen LogP contribution >= 0.6 is 67.8 Å². The van der Waals surface area contributed by atoms with Crippen molar-refractivity contribution in [3.05, 3.63) is 22.3 Å². The number of halogens is 3. The number of hydrogen-bond acceptors (Lipinski definition) is 2. The van der Waals surface area contributed by atoms with Crippen molar-refractivity contribution in [1.82, 2.24) is 0 Å². The standard InChI is InChI=1S/C13H15I3O3/c1-7(2)3-4-8-9(14)5-10(15)13(12(8)16)19-6-11(17)18/h5,7H,3-4,6H2,1-2H3,(H,17,18). The van der Waals surface area contributed by atoms with Crippen molar-refractivity contribution in [3.63, 3.8) is 0 Å². The van der Waals surface area contributed by atoms with Gasteiger partial charge in [0, 0.05) is 3.57 Å². The molecule has 1 rings (SSSR count). The van der Waals surface area contributed by atoms with Crippen LogP contribution in [0, 0.1) is 16.6 Å². The molecule has 0 amide bonds. The molecule has 0 aliphatic heterocycles. The summed E-state index contributed by atoms with van der Waals surface area (Å²) in [7, 11) is 0. The van der Waals surface area contributed by atoms with Crippen molar-refractivity contribution in [2.75, 3.05) is 6.61 Å².